The lowest BCUT2D eigenvalue weighted by atomic mass is 9.86. The second-order valence-electron chi connectivity index (χ2n) is 3.17. The molecular weight excluding hydrogens is 210 g/mol. The number of nitrogens with zero attached hydrogens (tertiary/aromatic N) is 2. The maximum atomic E-state index is 11.5. The average Bonchev–Trinajstić information content (AvgIpc) is 2.19. The van der Waals surface area contributed by atoms with Crippen molar-refractivity contribution in [2.24, 2.45) is 11.8 Å². The Morgan fingerprint density at radius 1 is 1.53 bits per heavy atom. The fraction of sp³-hybridized carbons (Fsp3) is 0.500. The van der Waals surface area contributed by atoms with Crippen LogP contribution in [0.2, 0.25) is 0 Å². The van der Waals surface area contributed by atoms with E-state index in [2.05, 4.69) is 11.4 Å². The molecule has 0 fully saturated rings. The van der Waals surface area contributed by atoms with Gasteiger partial charge in [-0.3, -0.25) is 4.79 Å². The molecule has 1 aliphatic heterocycles. The number of carbonyl (C=O) groups excluding carboxylic acids is 1. The molecule has 4 nitrogen and oxygen atoms in total. The predicted molar refractivity (Wildman–Crippen MR) is 57.2 cm³/mol. The Kier molecular flexibility index (Phi) is 3.76. The maximum Gasteiger partial charge on any atom is 0.242 e. The van der Waals surface area contributed by atoms with Crippen molar-refractivity contribution in [1.82, 2.24) is 5.32 Å². The summed E-state index contributed by atoms with van der Waals surface area (Å²) in [5.74, 6) is -0.589. The first kappa shape index (κ1) is 11.6. The van der Waals surface area contributed by atoms with Crippen molar-refractivity contribution < 1.29 is 4.79 Å². The van der Waals surface area contributed by atoms with E-state index in [1.54, 1.807) is 6.92 Å². The molecule has 0 aromatic carbocycles. The first-order valence-electron chi connectivity index (χ1n) is 4.63. The smallest absolute Gasteiger partial charge is 0.242 e. The van der Waals surface area contributed by atoms with Crippen LogP contribution in [0.3, 0.4) is 0 Å². The highest BCUT2D eigenvalue weighted by atomic mass is 32.2. The van der Waals surface area contributed by atoms with Gasteiger partial charge in [-0.05, 0) is 5.75 Å². The fourth-order valence-corrected chi connectivity index (χ4v) is 2.29. The third kappa shape index (κ3) is 2.14. The molecule has 0 aromatic heterocycles. The van der Waals surface area contributed by atoms with Crippen molar-refractivity contribution in [3.63, 3.8) is 0 Å². The average molecular weight is 221 g/mol. The fourth-order valence-electron chi connectivity index (χ4n) is 1.44. The van der Waals surface area contributed by atoms with E-state index in [1.807, 2.05) is 13.0 Å². The molecule has 15 heavy (non-hydrogen) atoms. The number of rotatable bonds is 2. The number of nitrogens with one attached hydrogen (secondary N) is 1. The molecule has 0 unspecified atom stereocenters. The second-order valence-corrected chi connectivity index (χ2v) is 4.45. The summed E-state index contributed by atoms with van der Waals surface area (Å²) in [6, 6.07) is 3.99. The summed E-state index contributed by atoms with van der Waals surface area (Å²) >= 11 is 1.42. The lowest BCUT2D eigenvalue weighted by molar-refractivity contribution is -0.123. The number of thioether (sulfide) groups is 1. The molecule has 78 valence electrons. The SMILES string of the molecule is CCSC1=C(C#N)[C@H](C)[C@H](C#N)C(=O)N1. The normalized spacial score (nSPS) is 25.5. The van der Waals surface area contributed by atoms with Gasteiger partial charge in [0.25, 0.3) is 0 Å². The minimum atomic E-state index is -0.749. The third-order valence-corrected chi connectivity index (χ3v) is 3.17. The van der Waals surface area contributed by atoms with E-state index >= 15 is 0 Å². The number of hydrogen-bond acceptors (Lipinski definition) is 4. The van der Waals surface area contributed by atoms with Crippen LogP contribution >= 0.6 is 11.8 Å². The third-order valence-electron chi connectivity index (χ3n) is 2.27. The van der Waals surface area contributed by atoms with Crippen LogP contribution in [-0.2, 0) is 4.79 Å². The van der Waals surface area contributed by atoms with Gasteiger partial charge >= 0.3 is 0 Å². The second kappa shape index (κ2) is 4.86. The summed E-state index contributed by atoms with van der Waals surface area (Å²) < 4.78 is 0. The zero-order valence-corrected chi connectivity index (χ0v) is 9.39. The maximum absolute atomic E-state index is 11.5. The van der Waals surface area contributed by atoms with Gasteiger partial charge in [0.2, 0.25) is 5.91 Å². The summed E-state index contributed by atoms with van der Waals surface area (Å²) in [6.07, 6.45) is 0. The Bertz CT molecular complexity index is 388. The summed E-state index contributed by atoms with van der Waals surface area (Å²) in [5.41, 5.74) is 0.507. The van der Waals surface area contributed by atoms with Crippen molar-refractivity contribution in [3.8, 4) is 12.1 Å². The van der Waals surface area contributed by atoms with Crippen LogP contribution in [0.5, 0.6) is 0 Å². The van der Waals surface area contributed by atoms with Crippen LogP contribution in [0, 0.1) is 34.5 Å². The van der Waals surface area contributed by atoms with Crippen molar-refractivity contribution in [2.75, 3.05) is 5.75 Å². The summed E-state index contributed by atoms with van der Waals surface area (Å²) in [7, 11) is 0. The number of allylic oxidation sites excluding steroid dienone is 1. The van der Waals surface area contributed by atoms with Gasteiger partial charge in [-0.25, -0.2) is 0 Å². The van der Waals surface area contributed by atoms with E-state index in [0.717, 1.165) is 5.75 Å². The van der Waals surface area contributed by atoms with Crippen molar-refractivity contribution >= 4 is 17.7 Å². The number of hydrogen-bond donors (Lipinski definition) is 1. The lowest BCUT2D eigenvalue weighted by Gasteiger charge is -2.25. The molecule has 0 spiro atoms. The van der Waals surface area contributed by atoms with Gasteiger partial charge in [0.05, 0.1) is 22.7 Å². The molecule has 1 aliphatic rings. The Balaban J connectivity index is 3.10. The highest BCUT2D eigenvalue weighted by Crippen LogP contribution is 2.31. The van der Waals surface area contributed by atoms with Gasteiger partial charge in [-0.1, -0.05) is 13.8 Å². The molecule has 1 amide bonds. The Morgan fingerprint density at radius 2 is 2.20 bits per heavy atom. The van der Waals surface area contributed by atoms with Crippen LogP contribution in [0.15, 0.2) is 10.6 Å². The molecular formula is C10H11N3OS. The molecule has 0 saturated carbocycles. The molecule has 0 radical (unpaired) electrons. The minimum absolute atomic E-state index is 0.306. The Labute approximate surface area is 92.9 Å². The minimum Gasteiger partial charge on any atom is -0.319 e. The first-order chi connectivity index (χ1) is 7.15. The summed E-state index contributed by atoms with van der Waals surface area (Å²) in [6.45, 7) is 3.68. The quantitative estimate of drug-likeness (QED) is 0.764. The summed E-state index contributed by atoms with van der Waals surface area (Å²) in [5, 5.41) is 21.0. The van der Waals surface area contributed by atoms with Gasteiger partial charge in [0, 0.05) is 5.92 Å². The van der Waals surface area contributed by atoms with E-state index < -0.39 is 5.92 Å². The topological polar surface area (TPSA) is 76.7 Å². The molecule has 5 heteroatoms. The highest BCUT2D eigenvalue weighted by Gasteiger charge is 2.34. The van der Waals surface area contributed by atoms with E-state index in [1.165, 1.54) is 11.8 Å². The van der Waals surface area contributed by atoms with Crippen LogP contribution in [-0.4, -0.2) is 11.7 Å². The molecule has 0 bridgehead atoms. The zero-order valence-electron chi connectivity index (χ0n) is 8.57. The molecule has 0 aromatic rings. The molecule has 0 saturated heterocycles. The van der Waals surface area contributed by atoms with Gasteiger partial charge < -0.3 is 5.32 Å². The number of carbonyl (C=O) groups is 1. The van der Waals surface area contributed by atoms with Crippen molar-refractivity contribution in [2.45, 2.75) is 13.8 Å². The monoisotopic (exact) mass is 221 g/mol. The van der Waals surface area contributed by atoms with Crippen LogP contribution in [0.4, 0.5) is 0 Å². The lowest BCUT2D eigenvalue weighted by Crippen LogP contribution is -2.38. The summed E-state index contributed by atoms with van der Waals surface area (Å²) in [4.78, 5) is 11.5. The number of nitriles is 2. The first-order valence-corrected chi connectivity index (χ1v) is 5.61. The van der Waals surface area contributed by atoms with Gasteiger partial charge in [-0.15, -0.1) is 11.8 Å². The Morgan fingerprint density at radius 3 is 2.67 bits per heavy atom. The van der Waals surface area contributed by atoms with Crippen LogP contribution in [0.25, 0.3) is 0 Å². The standard InChI is InChI=1S/C10H11N3OS/c1-3-15-10-8(5-12)6(2)7(4-11)9(14)13-10/h6-7H,3H2,1-2H3,(H,13,14)/t6-,7+/m1/s1. The van der Waals surface area contributed by atoms with Gasteiger partial charge in [0.15, 0.2) is 0 Å². The van der Waals surface area contributed by atoms with E-state index in [-0.39, 0.29) is 11.8 Å². The molecule has 1 heterocycles. The van der Waals surface area contributed by atoms with Crippen LogP contribution < -0.4 is 5.32 Å². The van der Waals surface area contributed by atoms with E-state index in [4.69, 9.17) is 10.5 Å². The largest absolute Gasteiger partial charge is 0.319 e. The Hall–Kier alpha value is -1.46. The van der Waals surface area contributed by atoms with Crippen molar-refractivity contribution in [3.05, 3.63) is 10.6 Å². The number of amides is 1. The predicted octanol–water partition coefficient (Wildman–Crippen LogP) is 1.38. The highest BCUT2D eigenvalue weighted by molar-refractivity contribution is 8.03. The van der Waals surface area contributed by atoms with Crippen LogP contribution in [0.1, 0.15) is 13.8 Å². The van der Waals surface area contributed by atoms with E-state index in [9.17, 15) is 4.79 Å². The van der Waals surface area contributed by atoms with E-state index in [0.29, 0.717) is 10.6 Å². The molecule has 2 atom stereocenters. The molecule has 1 N–H and O–H groups in total. The van der Waals surface area contributed by atoms with Crippen molar-refractivity contribution in [1.29, 1.82) is 10.5 Å². The molecule has 0 aliphatic carbocycles. The van der Waals surface area contributed by atoms with Gasteiger partial charge in [0.1, 0.15) is 5.92 Å². The van der Waals surface area contributed by atoms with Gasteiger partial charge in [-0.2, -0.15) is 10.5 Å². The zero-order chi connectivity index (χ0) is 11.4. The molecule has 1 rings (SSSR count).